The van der Waals surface area contributed by atoms with E-state index in [1.807, 2.05) is 0 Å². The molecule has 1 aromatic rings. The first-order chi connectivity index (χ1) is 9.65. The summed E-state index contributed by atoms with van der Waals surface area (Å²) in [7, 11) is 0. The number of nitrogens with one attached hydrogen (secondary N) is 1. The van der Waals surface area contributed by atoms with Crippen molar-refractivity contribution in [1.82, 2.24) is 0 Å². The van der Waals surface area contributed by atoms with Gasteiger partial charge in [0.2, 0.25) is 0 Å². The van der Waals surface area contributed by atoms with E-state index in [9.17, 15) is 4.79 Å². The number of hydrogen-bond donors (Lipinski definition) is 2. The zero-order chi connectivity index (χ0) is 14.5. The summed E-state index contributed by atoms with van der Waals surface area (Å²) in [4.78, 5) is 12.2. The highest BCUT2D eigenvalue weighted by molar-refractivity contribution is 7.18. The number of carbonyl (C=O) groups is 1. The first-order valence-electron chi connectivity index (χ1n) is 7.07. The number of anilines is 2. The summed E-state index contributed by atoms with van der Waals surface area (Å²) in [5.74, 6) is 0.174. The van der Waals surface area contributed by atoms with Crippen LogP contribution in [0, 0.1) is 5.92 Å². The minimum Gasteiger partial charge on any atom is -0.462 e. The highest BCUT2D eigenvalue weighted by atomic mass is 32.1. The van der Waals surface area contributed by atoms with Gasteiger partial charge in [-0.2, -0.15) is 0 Å². The Morgan fingerprint density at radius 3 is 3.10 bits per heavy atom. The molecule has 2 atom stereocenters. The number of thiophene rings is 1. The summed E-state index contributed by atoms with van der Waals surface area (Å²) in [6, 6.07) is 1.80. The third-order valence-corrected chi connectivity index (χ3v) is 4.60. The molecule has 2 rings (SSSR count). The van der Waals surface area contributed by atoms with E-state index in [0.29, 0.717) is 29.2 Å². The van der Waals surface area contributed by atoms with E-state index in [1.165, 1.54) is 11.3 Å². The maximum atomic E-state index is 11.7. The second-order valence-corrected chi connectivity index (χ2v) is 5.91. The Hall–Kier alpha value is -1.27. The summed E-state index contributed by atoms with van der Waals surface area (Å²) in [5.41, 5.74) is 6.33. The van der Waals surface area contributed by atoms with Gasteiger partial charge in [-0.3, -0.25) is 0 Å². The fourth-order valence-corrected chi connectivity index (χ4v) is 3.34. The van der Waals surface area contributed by atoms with Crippen molar-refractivity contribution >= 4 is 28.0 Å². The van der Waals surface area contributed by atoms with Crippen LogP contribution in [0.25, 0.3) is 0 Å². The lowest BCUT2D eigenvalue weighted by Gasteiger charge is -2.17. The average Bonchev–Trinajstić information content (AvgIpc) is 3.02. The van der Waals surface area contributed by atoms with Gasteiger partial charge in [-0.1, -0.05) is 6.92 Å². The quantitative estimate of drug-likeness (QED) is 0.790. The predicted octanol–water partition coefficient (Wildman–Crippen LogP) is 2.73. The molecule has 0 spiro atoms. The third kappa shape index (κ3) is 3.43. The molecule has 1 fully saturated rings. The molecule has 1 saturated heterocycles. The van der Waals surface area contributed by atoms with Gasteiger partial charge in [-0.25, -0.2) is 4.79 Å². The van der Waals surface area contributed by atoms with E-state index >= 15 is 0 Å². The summed E-state index contributed by atoms with van der Waals surface area (Å²) >= 11 is 1.35. The van der Waals surface area contributed by atoms with Crippen LogP contribution >= 0.6 is 11.3 Å². The van der Waals surface area contributed by atoms with Crippen LogP contribution < -0.4 is 11.1 Å². The highest BCUT2D eigenvalue weighted by Crippen LogP contribution is 2.31. The first kappa shape index (κ1) is 15.1. The van der Waals surface area contributed by atoms with Crippen LogP contribution in [0.3, 0.4) is 0 Å². The molecule has 112 valence electrons. The Bertz CT molecular complexity index is 461. The van der Waals surface area contributed by atoms with E-state index < -0.39 is 0 Å². The van der Waals surface area contributed by atoms with E-state index in [2.05, 4.69) is 12.2 Å². The SMILES string of the molecule is CCOC(=O)c1sc(NCC2CCOC2CC)cc1N. The van der Waals surface area contributed by atoms with Crippen molar-refractivity contribution in [3.05, 3.63) is 10.9 Å². The van der Waals surface area contributed by atoms with Gasteiger partial charge < -0.3 is 20.5 Å². The Kier molecular flexibility index (Phi) is 5.25. The van der Waals surface area contributed by atoms with Crippen molar-refractivity contribution in [3.8, 4) is 0 Å². The third-order valence-electron chi connectivity index (χ3n) is 3.51. The molecule has 0 saturated carbocycles. The topological polar surface area (TPSA) is 73.6 Å². The van der Waals surface area contributed by atoms with Crippen LogP contribution in [0.1, 0.15) is 36.4 Å². The zero-order valence-corrected chi connectivity index (χ0v) is 12.8. The smallest absolute Gasteiger partial charge is 0.350 e. The first-order valence-corrected chi connectivity index (χ1v) is 7.89. The lowest BCUT2D eigenvalue weighted by Crippen LogP contribution is -2.22. The maximum absolute atomic E-state index is 11.7. The molecular formula is C14H22N2O3S. The van der Waals surface area contributed by atoms with Crippen LogP contribution in [0.15, 0.2) is 6.07 Å². The summed E-state index contributed by atoms with van der Waals surface area (Å²) in [6.45, 7) is 5.97. The van der Waals surface area contributed by atoms with Gasteiger partial charge in [0.1, 0.15) is 4.88 Å². The molecule has 1 aliphatic rings. The molecule has 0 bridgehead atoms. The monoisotopic (exact) mass is 298 g/mol. The van der Waals surface area contributed by atoms with Crippen LogP contribution in [0.5, 0.6) is 0 Å². The number of rotatable bonds is 6. The van der Waals surface area contributed by atoms with Crippen LogP contribution in [0.2, 0.25) is 0 Å². The molecule has 0 amide bonds. The van der Waals surface area contributed by atoms with Gasteiger partial charge in [0, 0.05) is 19.1 Å². The molecule has 2 unspecified atom stereocenters. The fourth-order valence-electron chi connectivity index (χ4n) is 2.46. The molecule has 2 heterocycles. The van der Waals surface area contributed by atoms with Crippen molar-refractivity contribution in [3.63, 3.8) is 0 Å². The minimum absolute atomic E-state index is 0.337. The van der Waals surface area contributed by atoms with Crippen molar-refractivity contribution in [1.29, 1.82) is 0 Å². The van der Waals surface area contributed by atoms with Crippen LogP contribution in [-0.4, -0.2) is 31.8 Å². The summed E-state index contributed by atoms with van der Waals surface area (Å²) < 4.78 is 10.6. The molecular weight excluding hydrogens is 276 g/mol. The number of esters is 1. The summed E-state index contributed by atoms with van der Waals surface area (Å²) in [6.07, 6.45) is 2.45. The van der Waals surface area contributed by atoms with Gasteiger partial charge in [0.15, 0.2) is 0 Å². The standard InChI is InChI=1S/C14H22N2O3S/c1-3-11-9(5-6-19-11)8-16-12-7-10(15)13(20-12)14(17)18-4-2/h7,9,11,16H,3-6,8,15H2,1-2H3. The number of nitrogens with two attached hydrogens (primary N) is 1. The van der Waals surface area contributed by atoms with E-state index in [1.54, 1.807) is 13.0 Å². The van der Waals surface area contributed by atoms with Crippen molar-refractivity contribution in [2.24, 2.45) is 5.92 Å². The van der Waals surface area contributed by atoms with Crippen LogP contribution in [-0.2, 0) is 9.47 Å². The number of ether oxygens (including phenoxy) is 2. The molecule has 0 aromatic carbocycles. The van der Waals surface area contributed by atoms with Crippen molar-refractivity contribution in [2.45, 2.75) is 32.8 Å². The summed E-state index contributed by atoms with van der Waals surface area (Å²) in [5, 5.41) is 4.27. The van der Waals surface area contributed by atoms with E-state index in [0.717, 1.165) is 31.0 Å². The Morgan fingerprint density at radius 2 is 2.40 bits per heavy atom. The predicted molar refractivity (Wildman–Crippen MR) is 81.3 cm³/mol. The number of carbonyl (C=O) groups excluding carboxylic acids is 1. The van der Waals surface area contributed by atoms with E-state index in [-0.39, 0.29) is 5.97 Å². The van der Waals surface area contributed by atoms with Crippen molar-refractivity contribution in [2.75, 3.05) is 30.8 Å². The second kappa shape index (κ2) is 6.95. The van der Waals surface area contributed by atoms with Gasteiger partial charge in [-0.05, 0) is 25.8 Å². The Balaban J connectivity index is 1.93. The molecule has 0 radical (unpaired) electrons. The normalized spacial score (nSPS) is 21.9. The lowest BCUT2D eigenvalue weighted by atomic mass is 10.00. The fraction of sp³-hybridized carbons (Fsp3) is 0.643. The van der Waals surface area contributed by atoms with Crippen molar-refractivity contribution < 1.29 is 14.3 Å². The molecule has 1 aliphatic heterocycles. The second-order valence-electron chi connectivity index (χ2n) is 4.86. The van der Waals surface area contributed by atoms with Gasteiger partial charge in [-0.15, -0.1) is 11.3 Å². The minimum atomic E-state index is -0.348. The Morgan fingerprint density at radius 1 is 1.60 bits per heavy atom. The molecule has 20 heavy (non-hydrogen) atoms. The Labute approximate surface area is 123 Å². The largest absolute Gasteiger partial charge is 0.462 e. The van der Waals surface area contributed by atoms with Gasteiger partial charge >= 0.3 is 5.97 Å². The van der Waals surface area contributed by atoms with Crippen LogP contribution in [0.4, 0.5) is 10.7 Å². The molecule has 1 aromatic heterocycles. The average molecular weight is 298 g/mol. The highest BCUT2D eigenvalue weighted by Gasteiger charge is 2.26. The lowest BCUT2D eigenvalue weighted by molar-refractivity contribution is 0.0533. The molecule has 3 N–H and O–H groups in total. The molecule has 0 aliphatic carbocycles. The van der Waals surface area contributed by atoms with Gasteiger partial charge in [0.05, 0.1) is 23.4 Å². The number of hydrogen-bond acceptors (Lipinski definition) is 6. The van der Waals surface area contributed by atoms with E-state index in [4.69, 9.17) is 15.2 Å². The number of nitrogen functional groups attached to an aromatic ring is 1. The molecule has 6 heteroatoms. The van der Waals surface area contributed by atoms with Gasteiger partial charge in [0.25, 0.3) is 0 Å². The zero-order valence-electron chi connectivity index (χ0n) is 12.0. The maximum Gasteiger partial charge on any atom is 0.350 e. The molecule has 5 nitrogen and oxygen atoms in total.